The van der Waals surface area contributed by atoms with E-state index >= 15 is 0 Å². The third kappa shape index (κ3) is 5.62. The Bertz CT molecular complexity index is 2790. The SMILES string of the molecule is CC(C)(C)c1cc(-c2ccc(-c3cc(C(C)(C)C)cc(C(C)(C)C)c3)c3cc4cc5c(cc4cc23)-c2ccc3c4c(ccc-5c24)-c2ccccc2-3)cc(C(C)(C)C)c1. The van der Waals surface area contributed by atoms with Crippen LogP contribution >= 0.6 is 0 Å². The van der Waals surface area contributed by atoms with Crippen molar-refractivity contribution in [2.75, 3.05) is 0 Å². The molecule has 2 aliphatic rings. The first-order valence-electron chi connectivity index (χ1n) is 21.3. The first kappa shape index (κ1) is 36.9. The second-order valence-electron chi connectivity index (χ2n) is 21.5. The number of hydrogen-bond donors (Lipinski definition) is 0. The van der Waals surface area contributed by atoms with Crippen molar-refractivity contribution in [3.05, 3.63) is 144 Å². The maximum Gasteiger partial charge on any atom is -0.00139 e. The summed E-state index contributed by atoms with van der Waals surface area (Å²) >= 11 is 0. The van der Waals surface area contributed by atoms with E-state index < -0.39 is 0 Å². The van der Waals surface area contributed by atoms with E-state index in [4.69, 9.17) is 0 Å². The number of benzene rings is 8. The van der Waals surface area contributed by atoms with Gasteiger partial charge >= 0.3 is 0 Å². The lowest BCUT2D eigenvalue weighted by molar-refractivity contribution is 0.568. The molecule has 8 aromatic rings. The minimum Gasteiger partial charge on any atom is -0.0616 e. The molecular formula is C58H56. The molecule has 58 heavy (non-hydrogen) atoms. The normalized spacial score (nSPS) is 13.5. The summed E-state index contributed by atoms with van der Waals surface area (Å²) in [6.07, 6.45) is 0. The van der Waals surface area contributed by atoms with Crippen LogP contribution in [0.15, 0.2) is 121 Å². The molecule has 0 amide bonds. The molecule has 2 aliphatic carbocycles. The molecule has 0 nitrogen and oxygen atoms in total. The topological polar surface area (TPSA) is 0 Å². The van der Waals surface area contributed by atoms with Gasteiger partial charge in [-0.15, -0.1) is 0 Å². The van der Waals surface area contributed by atoms with E-state index in [1.165, 1.54) is 121 Å². The van der Waals surface area contributed by atoms with Crippen LogP contribution in [0.1, 0.15) is 105 Å². The molecule has 0 heterocycles. The summed E-state index contributed by atoms with van der Waals surface area (Å²) in [6, 6.07) is 48.0. The Balaban J connectivity index is 1.27. The van der Waals surface area contributed by atoms with Gasteiger partial charge in [0, 0.05) is 0 Å². The second kappa shape index (κ2) is 12.0. The molecule has 0 saturated heterocycles. The van der Waals surface area contributed by atoms with Crippen molar-refractivity contribution in [2.24, 2.45) is 0 Å². The van der Waals surface area contributed by atoms with Crippen LogP contribution in [0.4, 0.5) is 0 Å². The largest absolute Gasteiger partial charge is 0.0616 e. The Kier molecular flexibility index (Phi) is 7.65. The Labute approximate surface area is 346 Å². The van der Waals surface area contributed by atoms with Gasteiger partial charge in [0.25, 0.3) is 0 Å². The summed E-state index contributed by atoms with van der Waals surface area (Å²) in [4.78, 5) is 0. The van der Waals surface area contributed by atoms with Crippen molar-refractivity contribution in [1.82, 2.24) is 0 Å². The van der Waals surface area contributed by atoms with E-state index in [1.54, 1.807) is 0 Å². The molecule has 0 unspecified atom stereocenters. The highest BCUT2D eigenvalue weighted by atomic mass is 14.3. The van der Waals surface area contributed by atoms with Crippen LogP contribution in [0, 0.1) is 0 Å². The van der Waals surface area contributed by atoms with Crippen molar-refractivity contribution < 1.29 is 0 Å². The molecule has 0 aromatic heterocycles. The summed E-state index contributed by atoms with van der Waals surface area (Å²) < 4.78 is 0. The fourth-order valence-corrected chi connectivity index (χ4v) is 9.74. The van der Waals surface area contributed by atoms with Gasteiger partial charge in [-0.1, -0.05) is 180 Å². The standard InChI is InChI=1S/C58H56/c1-55(2,3)37-23-35(24-38(31-37)56(4,5)6)41-17-18-42(36-25-39(57(7,8)9)32-40(26-36)58(10,11)12)50-28-34-30-52-48-22-20-46-44-16-14-13-15-43(44)45-19-21-47(54(48)53(45)46)51(52)29-33(34)27-49(41)50/h13-32H,1-12H3. The highest BCUT2D eigenvalue weighted by molar-refractivity contribution is 6.27. The smallest absolute Gasteiger partial charge is 0.00139 e. The van der Waals surface area contributed by atoms with Gasteiger partial charge in [0.15, 0.2) is 0 Å². The molecule has 288 valence electrons. The number of hydrogen-bond acceptors (Lipinski definition) is 0. The van der Waals surface area contributed by atoms with E-state index in [-0.39, 0.29) is 21.7 Å². The van der Waals surface area contributed by atoms with E-state index in [0.29, 0.717) is 0 Å². The first-order chi connectivity index (χ1) is 27.3. The van der Waals surface area contributed by atoms with E-state index in [0.717, 1.165) is 0 Å². The zero-order chi connectivity index (χ0) is 40.8. The number of rotatable bonds is 2. The Hall–Kier alpha value is -5.46. The highest BCUT2D eigenvalue weighted by Gasteiger charge is 2.30. The van der Waals surface area contributed by atoms with Crippen molar-refractivity contribution in [1.29, 1.82) is 0 Å². The molecule has 0 radical (unpaired) electrons. The van der Waals surface area contributed by atoms with Crippen molar-refractivity contribution in [3.63, 3.8) is 0 Å². The zero-order valence-electron chi connectivity index (χ0n) is 36.5. The summed E-state index contributed by atoms with van der Waals surface area (Å²) in [5.41, 5.74) is 21.6. The average molecular weight is 753 g/mol. The van der Waals surface area contributed by atoms with Gasteiger partial charge in [0.1, 0.15) is 0 Å². The first-order valence-corrected chi connectivity index (χ1v) is 21.3. The maximum atomic E-state index is 2.51. The lowest BCUT2D eigenvalue weighted by Gasteiger charge is -2.27. The van der Waals surface area contributed by atoms with Crippen LogP contribution < -0.4 is 0 Å². The van der Waals surface area contributed by atoms with Crippen molar-refractivity contribution >= 4 is 32.3 Å². The third-order valence-electron chi connectivity index (χ3n) is 13.3. The molecule has 0 bridgehead atoms. The lowest BCUT2D eigenvalue weighted by Crippen LogP contribution is -2.16. The molecule has 10 rings (SSSR count). The van der Waals surface area contributed by atoms with Crippen LogP contribution in [0.3, 0.4) is 0 Å². The summed E-state index contributed by atoms with van der Waals surface area (Å²) in [7, 11) is 0. The predicted octanol–water partition coefficient (Wildman–Crippen LogP) is 17.0. The molecule has 0 saturated carbocycles. The van der Waals surface area contributed by atoms with Gasteiger partial charge in [-0.2, -0.15) is 0 Å². The summed E-state index contributed by atoms with van der Waals surface area (Å²) in [6.45, 7) is 28.1. The van der Waals surface area contributed by atoms with Gasteiger partial charge in [0.05, 0.1) is 0 Å². The second-order valence-corrected chi connectivity index (χ2v) is 21.5. The van der Waals surface area contributed by atoms with Gasteiger partial charge in [-0.05, 0) is 167 Å². The Morgan fingerprint density at radius 1 is 0.259 bits per heavy atom. The minimum absolute atomic E-state index is 0.0222. The molecule has 0 atom stereocenters. The fraction of sp³-hybridized carbons (Fsp3) is 0.276. The van der Waals surface area contributed by atoms with Gasteiger partial charge in [0.2, 0.25) is 0 Å². The Morgan fingerprint density at radius 3 is 0.862 bits per heavy atom. The Morgan fingerprint density at radius 2 is 0.552 bits per heavy atom. The van der Waals surface area contributed by atoms with Gasteiger partial charge in [-0.25, -0.2) is 0 Å². The van der Waals surface area contributed by atoms with Crippen LogP contribution in [-0.4, -0.2) is 0 Å². The van der Waals surface area contributed by atoms with Crippen molar-refractivity contribution in [3.8, 4) is 66.8 Å². The predicted molar refractivity (Wildman–Crippen MR) is 253 cm³/mol. The van der Waals surface area contributed by atoms with Crippen LogP contribution in [0.2, 0.25) is 0 Å². The molecular weight excluding hydrogens is 697 g/mol. The molecule has 0 aliphatic heterocycles. The fourth-order valence-electron chi connectivity index (χ4n) is 9.74. The maximum absolute atomic E-state index is 2.51. The van der Waals surface area contributed by atoms with E-state index in [1.807, 2.05) is 0 Å². The van der Waals surface area contributed by atoms with Crippen LogP contribution in [0.5, 0.6) is 0 Å². The van der Waals surface area contributed by atoms with Gasteiger partial charge in [-0.3, -0.25) is 0 Å². The third-order valence-corrected chi connectivity index (χ3v) is 13.3. The molecule has 0 heteroatoms. The highest BCUT2D eigenvalue weighted by Crippen LogP contribution is 2.57. The zero-order valence-corrected chi connectivity index (χ0v) is 36.5. The van der Waals surface area contributed by atoms with E-state index in [9.17, 15) is 0 Å². The minimum atomic E-state index is 0.0222. The van der Waals surface area contributed by atoms with Crippen molar-refractivity contribution in [2.45, 2.75) is 105 Å². The monoisotopic (exact) mass is 752 g/mol. The van der Waals surface area contributed by atoms with Crippen LogP contribution in [-0.2, 0) is 21.7 Å². The van der Waals surface area contributed by atoms with E-state index in [2.05, 4.69) is 204 Å². The molecule has 0 spiro atoms. The average Bonchev–Trinajstić information content (AvgIpc) is 3.65. The quantitative estimate of drug-likeness (QED) is 0.154. The summed E-state index contributed by atoms with van der Waals surface area (Å²) in [5.74, 6) is 0. The van der Waals surface area contributed by atoms with Gasteiger partial charge < -0.3 is 0 Å². The lowest BCUT2D eigenvalue weighted by atomic mass is 9.77. The molecule has 8 aromatic carbocycles. The molecule has 0 N–H and O–H groups in total. The number of fused-ring (bicyclic) bond motifs is 8. The van der Waals surface area contributed by atoms with Crippen LogP contribution in [0.25, 0.3) is 99.1 Å². The summed E-state index contributed by atoms with van der Waals surface area (Å²) in [5, 5.41) is 8.00. The molecule has 0 fully saturated rings.